The number of sulfonamides is 1. The number of rotatable bonds is 4. The number of morpholine rings is 1. The molecule has 3 rings (SSSR count). The Hall–Kier alpha value is -2.24. The van der Waals surface area contributed by atoms with Crippen LogP contribution in [0, 0.1) is 0 Å². The van der Waals surface area contributed by atoms with Crippen molar-refractivity contribution >= 4 is 32.8 Å². The summed E-state index contributed by atoms with van der Waals surface area (Å²) in [6, 6.07) is 4.90. The molecule has 10 nitrogen and oxygen atoms in total. The molecule has 0 bridgehead atoms. The molecular formula is C14H20N6O4S. The quantitative estimate of drug-likeness (QED) is 0.768. The fourth-order valence-electron chi connectivity index (χ4n) is 2.63. The van der Waals surface area contributed by atoms with Gasteiger partial charge in [0, 0.05) is 26.7 Å². The van der Waals surface area contributed by atoms with Crippen LogP contribution in [0.15, 0.2) is 18.2 Å². The average molecular weight is 368 g/mol. The number of benzene rings is 1. The van der Waals surface area contributed by atoms with Crippen LogP contribution in [0.25, 0.3) is 11.0 Å². The normalized spacial score (nSPS) is 19.0. The third-order valence-electron chi connectivity index (χ3n) is 3.82. The second-order valence-electron chi connectivity index (χ2n) is 5.81. The van der Waals surface area contributed by atoms with E-state index in [0.717, 1.165) is 6.26 Å². The number of hydrogen-bond acceptors (Lipinski definition) is 6. The molecule has 0 aliphatic carbocycles. The summed E-state index contributed by atoms with van der Waals surface area (Å²) < 4.78 is 30.0. The standard InChI is InChI=1S/C14H20N6O4S/c1-19-17-12-5-3-4-11(13(12)18-19)16-14(21)15-8-10-9-20(6-7-24-10)25(2,22)23/h3-5,10H,6-9H2,1-2H3,(H2,15,16,21)/t10-/m1/s1. The fraction of sp³-hybridized carbons (Fsp3) is 0.500. The highest BCUT2D eigenvalue weighted by Gasteiger charge is 2.26. The largest absolute Gasteiger partial charge is 0.374 e. The average Bonchev–Trinajstić information content (AvgIpc) is 2.94. The fourth-order valence-corrected chi connectivity index (χ4v) is 3.47. The maximum Gasteiger partial charge on any atom is 0.319 e. The second kappa shape index (κ2) is 6.94. The van der Waals surface area contributed by atoms with Crippen LogP contribution in [-0.4, -0.2) is 72.3 Å². The van der Waals surface area contributed by atoms with E-state index in [1.54, 1.807) is 25.2 Å². The molecule has 1 aromatic heterocycles. The Morgan fingerprint density at radius 3 is 2.96 bits per heavy atom. The first-order valence-electron chi connectivity index (χ1n) is 7.74. The second-order valence-corrected chi connectivity index (χ2v) is 7.79. The molecule has 1 saturated heterocycles. The van der Waals surface area contributed by atoms with Gasteiger partial charge < -0.3 is 15.4 Å². The van der Waals surface area contributed by atoms with Crippen LogP contribution in [0.1, 0.15) is 0 Å². The maximum atomic E-state index is 12.1. The first-order valence-corrected chi connectivity index (χ1v) is 9.59. The summed E-state index contributed by atoms with van der Waals surface area (Å²) in [7, 11) is -1.55. The van der Waals surface area contributed by atoms with Gasteiger partial charge in [0.2, 0.25) is 10.0 Å². The van der Waals surface area contributed by atoms with E-state index in [4.69, 9.17) is 4.74 Å². The summed E-state index contributed by atoms with van der Waals surface area (Å²) in [5.74, 6) is 0. The molecule has 0 radical (unpaired) electrons. The van der Waals surface area contributed by atoms with Crippen molar-refractivity contribution in [1.82, 2.24) is 24.6 Å². The number of nitrogens with zero attached hydrogens (tertiary/aromatic N) is 4. The number of ether oxygens (including phenoxy) is 1. The Kier molecular flexibility index (Phi) is 4.88. The molecule has 2 N–H and O–H groups in total. The lowest BCUT2D eigenvalue weighted by Crippen LogP contribution is -2.49. The summed E-state index contributed by atoms with van der Waals surface area (Å²) in [6.45, 7) is 1.06. The van der Waals surface area contributed by atoms with Gasteiger partial charge in [-0.2, -0.15) is 19.3 Å². The molecule has 2 heterocycles. The van der Waals surface area contributed by atoms with E-state index in [1.807, 2.05) is 0 Å². The van der Waals surface area contributed by atoms with Crippen molar-refractivity contribution in [1.29, 1.82) is 0 Å². The number of nitrogens with one attached hydrogen (secondary N) is 2. The lowest BCUT2D eigenvalue weighted by atomic mass is 10.2. The van der Waals surface area contributed by atoms with Gasteiger partial charge in [-0.05, 0) is 12.1 Å². The highest BCUT2D eigenvalue weighted by molar-refractivity contribution is 7.88. The Labute approximate surface area is 145 Å². The molecule has 1 aliphatic rings. The molecule has 25 heavy (non-hydrogen) atoms. The Morgan fingerprint density at radius 1 is 1.40 bits per heavy atom. The Bertz CT molecular complexity index is 881. The first kappa shape index (κ1) is 17.6. The van der Waals surface area contributed by atoms with Crippen LogP contribution in [0.3, 0.4) is 0 Å². The highest BCUT2D eigenvalue weighted by Crippen LogP contribution is 2.19. The predicted octanol–water partition coefficient (Wildman–Crippen LogP) is -0.250. The molecule has 0 spiro atoms. The molecule has 1 aromatic carbocycles. The van der Waals surface area contributed by atoms with E-state index < -0.39 is 16.1 Å². The van der Waals surface area contributed by atoms with Crippen molar-refractivity contribution in [2.24, 2.45) is 7.05 Å². The molecule has 2 aromatic rings. The van der Waals surface area contributed by atoms with Gasteiger partial charge >= 0.3 is 6.03 Å². The van der Waals surface area contributed by atoms with Gasteiger partial charge in [0.15, 0.2) is 0 Å². The number of urea groups is 1. The number of anilines is 1. The molecule has 1 aliphatic heterocycles. The van der Waals surface area contributed by atoms with Gasteiger partial charge in [-0.15, -0.1) is 0 Å². The van der Waals surface area contributed by atoms with Gasteiger partial charge in [0.25, 0.3) is 0 Å². The lowest BCUT2D eigenvalue weighted by Gasteiger charge is -2.31. The van der Waals surface area contributed by atoms with Crippen LogP contribution in [0.4, 0.5) is 10.5 Å². The van der Waals surface area contributed by atoms with Gasteiger partial charge in [0.1, 0.15) is 11.0 Å². The number of carbonyl (C=O) groups excluding carboxylic acids is 1. The number of aryl methyl sites for hydroxylation is 1. The third kappa shape index (κ3) is 4.24. The maximum absolute atomic E-state index is 12.1. The SMILES string of the molecule is Cn1nc2cccc(NC(=O)NC[C@@H]3CN(S(C)(=O)=O)CCO3)c2n1. The molecule has 1 fully saturated rings. The van der Waals surface area contributed by atoms with Crippen molar-refractivity contribution in [2.75, 3.05) is 37.8 Å². The molecule has 0 unspecified atom stereocenters. The lowest BCUT2D eigenvalue weighted by molar-refractivity contribution is 0.00167. The predicted molar refractivity (Wildman–Crippen MR) is 91.7 cm³/mol. The number of hydrogen-bond donors (Lipinski definition) is 2. The van der Waals surface area contributed by atoms with E-state index >= 15 is 0 Å². The monoisotopic (exact) mass is 368 g/mol. The van der Waals surface area contributed by atoms with Crippen molar-refractivity contribution in [3.05, 3.63) is 18.2 Å². The van der Waals surface area contributed by atoms with Crippen molar-refractivity contribution in [3.8, 4) is 0 Å². The van der Waals surface area contributed by atoms with Gasteiger partial charge in [0.05, 0.1) is 24.7 Å². The third-order valence-corrected chi connectivity index (χ3v) is 5.09. The molecule has 11 heteroatoms. The van der Waals surface area contributed by atoms with Crippen LogP contribution in [0.5, 0.6) is 0 Å². The number of aromatic nitrogens is 3. The number of amides is 2. The summed E-state index contributed by atoms with van der Waals surface area (Å²) in [5, 5.41) is 13.8. The summed E-state index contributed by atoms with van der Waals surface area (Å²) in [6.07, 6.45) is 0.776. The zero-order valence-corrected chi connectivity index (χ0v) is 14.8. The molecule has 2 amide bonds. The number of fused-ring (bicyclic) bond motifs is 1. The van der Waals surface area contributed by atoms with Crippen molar-refractivity contribution < 1.29 is 17.9 Å². The van der Waals surface area contributed by atoms with Crippen molar-refractivity contribution in [3.63, 3.8) is 0 Å². The zero-order valence-electron chi connectivity index (χ0n) is 14.0. The van der Waals surface area contributed by atoms with Crippen molar-refractivity contribution in [2.45, 2.75) is 6.10 Å². The highest BCUT2D eigenvalue weighted by atomic mass is 32.2. The van der Waals surface area contributed by atoms with E-state index in [9.17, 15) is 13.2 Å². The Morgan fingerprint density at radius 2 is 2.20 bits per heavy atom. The summed E-state index contributed by atoms with van der Waals surface area (Å²) in [5.41, 5.74) is 1.82. The Balaban J connectivity index is 1.57. The first-order chi connectivity index (χ1) is 11.8. The van der Waals surface area contributed by atoms with Crippen LogP contribution < -0.4 is 10.6 Å². The molecular weight excluding hydrogens is 348 g/mol. The zero-order chi connectivity index (χ0) is 18.0. The minimum atomic E-state index is -3.26. The summed E-state index contributed by atoms with van der Waals surface area (Å²) >= 11 is 0. The van der Waals surface area contributed by atoms with Gasteiger partial charge in [-0.25, -0.2) is 13.2 Å². The molecule has 0 saturated carbocycles. The molecule has 136 valence electrons. The van der Waals surface area contributed by atoms with Gasteiger partial charge in [-0.1, -0.05) is 6.07 Å². The molecule has 1 atom stereocenters. The number of carbonyl (C=O) groups is 1. The topological polar surface area (TPSA) is 118 Å². The summed E-state index contributed by atoms with van der Waals surface area (Å²) in [4.78, 5) is 13.6. The van der Waals surface area contributed by atoms with Crippen LogP contribution in [-0.2, 0) is 21.8 Å². The van der Waals surface area contributed by atoms with Crippen LogP contribution >= 0.6 is 0 Å². The smallest absolute Gasteiger partial charge is 0.319 e. The van der Waals surface area contributed by atoms with E-state index in [2.05, 4.69) is 20.8 Å². The van der Waals surface area contributed by atoms with E-state index in [0.29, 0.717) is 29.9 Å². The van der Waals surface area contributed by atoms with E-state index in [-0.39, 0.29) is 19.2 Å². The van der Waals surface area contributed by atoms with E-state index in [1.165, 1.54) is 9.10 Å². The minimum absolute atomic E-state index is 0.203. The van der Waals surface area contributed by atoms with Gasteiger partial charge in [-0.3, -0.25) is 0 Å². The minimum Gasteiger partial charge on any atom is -0.374 e. The van der Waals surface area contributed by atoms with Crippen LogP contribution in [0.2, 0.25) is 0 Å².